The molecule has 2 aromatic carbocycles. The summed E-state index contributed by atoms with van der Waals surface area (Å²) in [4.78, 5) is 16.8. The lowest BCUT2D eigenvalue weighted by Crippen LogP contribution is -2.31. The van der Waals surface area contributed by atoms with Gasteiger partial charge in [0.25, 0.3) is 5.91 Å². The molecule has 24 heavy (non-hydrogen) atoms. The molecule has 0 aliphatic carbocycles. The van der Waals surface area contributed by atoms with Gasteiger partial charge in [0.15, 0.2) is 0 Å². The standard InChI is InChI=1S/C18H15ClFN3O/c1-23-11-10-21-17(23)16(12-6-2-4-8-14(12)19)22-18(24)13-7-3-5-9-15(13)20/h2-11,16H,1H3,(H,22,24). The molecular weight excluding hydrogens is 329 g/mol. The van der Waals surface area contributed by atoms with Crippen LogP contribution in [0.15, 0.2) is 60.9 Å². The van der Waals surface area contributed by atoms with E-state index in [0.717, 1.165) is 0 Å². The van der Waals surface area contributed by atoms with Crippen molar-refractivity contribution in [3.63, 3.8) is 0 Å². The minimum absolute atomic E-state index is 0.0243. The fourth-order valence-corrected chi connectivity index (χ4v) is 2.74. The quantitative estimate of drug-likeness (QED) is 0.784. The molecule has 1 aromatic heterocycles. The lowest BCUT2D eigenvalue weighted by molar-refractivity contribution is 0.0937. The van der Waals surface area contributed by atoms with Crippen LogP contribution in [0.3, 0.4) is 0 Å². The summed E-state index contributed by atoms with van der Waals surface area (Å²) in [7, 11) is 1.82. The average molecular weight is 344 g/mol. The molecule has 3 rings (SSSR count). The number of halogens is 2. The third kappa shape index (κ3) is 3.16. The number of hydrogen-bond donors (Lipinski definition) is 1. The summed E-state index contributed by atoms with van der Waals surface area (Å²) in [5, 5.41) is 3.33. The third-order valence-electron chi connectivity index (χ3n) is 3.73. The van der Waals surface area contributed by atoms with Crippen LogP contribution in [0.5, 0.6) is 0 Å². The van der Waals surface area contributed by atoms with Crippen molar-refractivity contribution >= 4 is 17.5 Å². The zero-order valence-electron chi connectivity index (χ0n) is 12.9. The fraction of sp³-hybridized carbons (Fsp3) is 0.111. The van der Waals surface area contributed by atoms with Crippen LogP contribution in [0.1, 0.15) is 27.8 Å². The molecule has 1 N–H and O–H groups in total. The molecule has 0 spiro atoms. The van der Waals surface area contributed by atoms with E-state index in [4.69, 9.17) is 11.6 Å². The molecule has 0 bridgehead atoms. The summed E-state index contributed by atoms with van der Waals surface area (Å²) in [6.45, 7) is 0. The normalized spacial score (nSPS) is 12.0. The minimum atomic E-state index is -0.592. The van der Waals surface area contributed by atoms with Crippen molar-refractivity contribution < 1.29 is 9.18 Å². The van der Waals surface area contributed by atoms with E-state index in [1.54, 1.807) is 35.2 Å². The summed E-state index contributed by atoms with van der Waals surface area (Å²) in [6, 6.07) is 12.4. The van der Waals surface area contributed by atoms with Crippen molar-refractivity contribution in [3.05, 3.63) is 88.7 Å². The van der Waals surface area contributed by atoms with Crippen molar-refractivity contribution in [3.8, 4) is 0 Å². The molecule has 122 valence electrons. The molecule has 0 aliphatic rings. The molecule has 0 radical (unpaired) electrons. The Balaban J connectivity index is 2.00. The number of amides is 1. The number of nitrogens with zero attached hydrogens (tertiary/aromatic N) is 2. The summed E-state index contributed by atoms with van der Waals surface area (Å²) in [5.74, 6) is -0.499. The molecule has 1 unspecified atom stereocenters. The van der Waals surface area contributed by atoms with Gasteiger partial charge in [-0.05, 0) is 18.2 Å². The molecule has 3 aromatic rings. The summed E-state index contributed by atoms with van der Waals surface area (Å²) in [6.07, 6.45) is 3.41. The number of aryl methyl sites for hydroxylation is 1. The van der Waals surface area contributed by atoms with E-state index in [9.17, 15) is 9.18 Å². The van der Waals surface area contributed by atoms with Crippen molar-refractivity contribution in [2.75, 3.05) is 0 Å². The van der Waals surface area contributed by atoms with Crippen LogP contribution in [0.25, 0.3) is 0 Å². The highest BCUT2D eigenvalue weighted by Gasteiger charge is 2.24. The number of aromatic nitrogens is 2. The first-order valence-corrected chi connectivity index (χ1v) is 7.72. The highest BCUT2D eigenvalue weighted by molar-refractivity contribution is 6.31. The second kappa shape index (κ2) is 6.84. The molecule has 0 aliphatic heterocycles. The Hall–Kier alpha value is -2.66. The van der Waals surface area contributed by atoms with Gasteiger partial charge in [0, 0.05) is 30.0 Å². The maximum absolute atomic E-state index is 13.9. The minimum Gasteiger partial charge on any atom is -0.338 e. The Morgan fingerprint density at radius 1 is 1.21 bits per heavy atom. The Morgan fingerprint density at radius 2 is 1.92 bits per heavy atom. The van der Waals surface area contributed by atoms with E-state index in [2.05, 4.69) is 10.3 Å². The third-order valence-corrected chi connectivity index (χ3v) is 4.07. The molecule has 1 heterocycles. The molecular formula is C18H15ClFN3O. The van der Waals surface area contributed by atoms with Gasteiger partial charge in [-0.1, -0.05) is 41.9 Å². The first-order chi connectivity index (χ1) is 11.6. The van der Waals surface area contributed by atoms with Crippen molar-refractivity contribution in [2.45, 2.75) is 6.04 Å². The summed E-state index contributed by atoms with van der Waals surface area (Å²) < 4.78 is 15.7. The molecule has 1 amide bonds. The highest BCUT2D eigenvalue weighted by atomic mass is 35.5. The average Bonchev–Trinajstić information content (AvgIpc) is 2.99. The number of carbonyl (C=O) groups is 1. The topological polar surface area (TPSA) is 46.9 Å². The largest absolute Gasteiger partial charge is 0.338 e. The van der Waals surface area contributed by atoms with E-state index in [1.165, 1.54) is 18.2 Å². The van der Waals surface area contributed by atoms with Crippen LogP contribution in [0.2, 0.25) is 5.02 Å². The van der Waals surface area contributed by atoms with Gasteiger partial charge in [-0.2, -0.15) is 0 Å². The molecule has 4 nitrogen and oxygen atoms in total. The van der Waals surface area contributed by atoms with E-state index in [1.807, 2.05) is 19.2 Å². The fourth-order valence-electron chi connectivity index (χ4n) is 2.50. The maximum atomic E-state index is 13.9. The number of hydrogen-bond acceptors (Lipinski definition) is 2. The van der Waals surface area contributed by atoms with Gasteiger partial charge in [0.1, 0.15) is 17.7 Å². The predicted molar refractivity (Wildman–Crippen MR) is 90.4 cm³/mol. The van der Waals surface area contributed by atoms with Crippen LogP contribution >= 0.6 is 11.6 Å². The zero-order valence-corrected chi connectivity index (χ0v) is 13.7. The van der Waals surface area contributed by atoms with Gasteiger partial charge in [-0.25, -0.2) is 9.37 Å². The summed E-state index contributed by atoms with van der Waals surface area (Å²) in [5.41, 5.74) is 0.668. The first-order valence-electron chi connectivity index (χ1n) is 7.35. The van der Waals surface area contributed by atoms with E-state index in [0.29, 0.717) is 16.4 Å². The summed E-state index contributed by atoms with van der Waals surface area (Å²) >= 11 is 6.29. The number of benzene rings is 2. The monoisotopic (exact) mass is 343 g/mol. The second-order valence-corrected chi connectivity index (χ2v) is 5.71. The van der Waals surface area contributed by atoms with Crippen LogP contribution in [-0.2, 0) is 7.05 Å². The number of rotatable bonds is 4. The van der Waals surface area contributed by atoms with Gasteiger partial charge in [-0.3, -0.25) is 4.79 Å². The highest BCUT2D eigenvalue weighted by Crippen LogP contribution is 2.27. The maximum Gasteiger partial charge on any atom is 0.255 e. The van der Waals surface area contributed by atoms with Crippen LogP contribution < -0.4 is 5.32 Å². The van der Waals surface area contributed by atoms with E-state index >= 15 is 0 Å². The van der Waals surface area contributed by atoms with Gasteiger partial charge in [-0.15, -0.1) is 0 Å². The Bertz CT molecular complexity index is 878. The van der Waals surface area contributed by atoms with Gasteiger partial charge < -0.3 is 9.88 Å². The lowest BCUT2D eigenvalue weighted by atomic mass is 10.0. The van der Waals surface area contributed by atoms with E-state index in [-0.39, 0.29) is 5.56 Å². The molecule has 6 heteroatoms. The SMILES string of the molecule is Cn1ccnc1C(NC(=O)c1ccccc1F)c1ccccc1Cl. The Kier molecular flexibility index (Phi) is 4.62. The van der Waals surface area contributed by atoms with Crippen LogP contribution in [-0.4, -0.2) is 15.5 Å². The smallest absolute Gasteiger partial charge is 0.255 e. The van der Waals surface area contributed by atoms with E-state index < -0.39 is 17.8 Å². The molecule has 1 atom stereocenters. The first kappa shape index (κ1) is 16.2. The predicted octanol–water partition coefficient (Wildman–Crippen LogP) is 3.73. The van der Waals surface area contributed by atoms with Crippen molar-refractivity contribution in [2.24, 2.45) is 7.05 Å². The second-order valence-electron chi connectivity index (χ2n) is 5.30. The molecule has 0 saturated carbocycles. The van der Waals surface area contributed by atoms with Gasteiger partial charge >= 0.3 is 0 Å². The van der Waals surface area contributed by atoms with Crippen molar-refractivity contribution in [1.29, 1.82) is 0 Å². The Labute approximate surface area is 143 Å². The number of carbonyl (C=O) groups excluding carboxylic acids is 1. The number of imidazole rings is 1. The van der Waals surface area contributed by atoms with Gasteiger partial charge in [0.2, 0.25) is 0 Å². The van der Waals surface area contributed by atoms with Crippen molar-refractivity contribution in [1.82, 2.24) is 14.9 Å². The van der Waals surface area contributed by atoms with Crippen LogP contribution in [0.4, 0.5) is 4.39 Å². The molecule has 0 saturated heterocycles. The van der Waals surface area contributed by atoms with Crippen LogP contribution in [0, 0.1) is 5.82 Å². The zero-order chi connectivity index (χ0) is 17.1. The molecule has 0 fully saturated rings. The number of nitrogens with one attached hydrogen (secondary N) is 1. The Morgan fingerprint density at radius 3 is 2.58 bits per heavy atom. The van der Waals surface area contributed by atoms with Gasteiger partial charge in [0.05, 0.1) is 5.56 Å². The lowest BCUT2D eigenvalue weighted by Gasteiger charge is -2.20.